The number of ether oxygens (including phenoxy) is 1. The Morgan fingerprint density at radius 2 is 2.07 bits per heavy atom. The number of benzene rings is 1. The van der Waals surface area contributed by atoms with Crippen molar-refractivity contribution in [1.82, 2.24) is 9.88 Å². The zero-order chi connectivity index (χ0) is 22.4. The van der Waals surface area contributed by atoms with Gasteiger partial charge in [-0.05, 0) is 49.7 Å². The van der Waals surface area contributed by atoms with Crippen LogP contribution in [0.3, 0.4) is 0 Å². The number of nitrogens with zero attached hydrogens (tertiary/aromatic N) is 4. The molecule has 0 spiro atoms. The number of carbonyl (C=O) groups excluding carboxylic acids is 1. The van der Waals surface area contributed by atoms with E-state index in [1.165, 1.54) is 0 Å². The molecule has 10 heteroatoms. The first kappa shape index (κ1) is 22.9. The fourth-order valence-corrected chi connectivity index (χ4v) is 4.15. The summed E-state index contributed by atoms with van der Waals surface area (Å²) in [6, 6.07) is 3.42. The maximum absolute atomic E-state index is 14.8. The first-order chi connectivity index (χ1) is 13.9. The quantitative estimate of drug-likeness (QED) is 0.355. The molecule has 0 unspecified atom stereocenters. The first-order valence-electron chi connectivity index (χ1n) is 9.26. The van der Waals surface area contributed by atoms with Crippen LogP contribution in [0.5, 0.6) is 0 Å². The Labute approximate surface area is 192 Å². The van der Waals surface area contributed by atoms with Crippen LogP contribution < -0.4 is 4.90 Å². The summed E-state index contributed by atoms with van der Waals surface area (Å²) in [6.45, 7) is 8.50. The molecule has 0 bridgehead atoms. The van der Waals surface area contributed by atoms with Crippen molar-refractivity contribution in [2.75, 3.05) is 24.5 Å². The third-order valence-electron chi connectivity index (χ3n) is 4.73. The van der Waals surface area contributed by atoms with E-state index in [4.69, 9.17) is 27.9 Å². The van der Waals surface area contributed by atoms with Crippen molar-refractivity contribution in [3.05, 3.63) is 32.1 Å². The zero-order valence-electron chi connectivity index (χ0n) is 16.9. The van der Waals surface area contributed by atoms with E-state index < -0.39 is 17.5 Å². The normalized spacial score (nSPS) is 17.2. The van der Waals surface area contributed by atoms with Crippen LogP contribution in [-0.4, -0.2) is 47.3 Å². The van der Waals surface area contributed by atoms with Gasteiger partial charge in [-0.1, -0.05) is 23.2 Å². The van der Waals surface area contributed by atoms with Gasteiger partial charge in [0.25, 0.3) is 0 Å². The number of amides is 1. The number of anilines is 1. The maximum Gasteiger partial charge on any atom is 0.410 e. The van der Waals surface area contributed by atoms with Crippen molar-refractivity contribution in [1.29, 1.82) is 5.26 Å². The van der Waals surface area contributed by atoms with Crippen LogP contribution in [0.1, 0.15) is 33.3 Å². The second-order valence-electron chi connectivity index (χ2n) is 8.09. The van der Waals surface area contributed by atoms with Gasteiger partial charge in [-0.15, -0.1) is 0 Å². The number of carbonyl (C=O) groups is 1. The van der Waals surface area contributed by atoms with Gasteiger partial charge < -0.3 is 14.5 Å². The van der Waals surface area contributed by atoms with Gasteiger partial charge in [0.2, 0.25) is 0 Å². The SMILES string of the molecule is C[C@@H]1CN(c2c(C#N)c(Cl)nc3c(F)c(Br)c(Cl)cc23)CCN1C(=O)OC(C)(C)C. The molecule has 0 saturated carbocycles. The van der Waals surface area contributed by atoms with E-state index in [0.717, 1.165) is 0 Å². The molecule has 2 heterocycles. The van der Waals surface area contributed by atoms with Gasteiger partial charge in [0, 0.05) is 31.1 Å². The fourth-order valence-electron chi connectivity index (χ4n) is 3.44. The van der Waals surface area contributed by atoms with Crippen molar-refractivity contribution >= 4 is 61.8 Å². The lowest BCUT2D eigenvalue weighted by molar-refractivity contribution is 0.0159. The lowest BCUT2D eigenvalue weighted by atomic mass is 10.1. The van der Waals surface area contributed by atoms with E-state index in [9.17, 15) is 14.4 Å². The molecule has 3 rings (SSSR count). The third-order valence-corrected chi connectivity index (χ3v) is 6.30. The Morgan fingerprint density at radius 3 is 2.63 bits per heavy atom. The van der Waals surface area contributed by atoms with Gasteiger partial charge in [0.1, 0.15) is 27.9 Å². The van der Waals surface area contributed by atoms with E-state index in [2.05, 4.69) is 27.0 Å². The maximum atomic E-state index is 14.8. The summed E-state index contributed by atoms with van der Waals surface area (Å²) in [5.41, 5.74) is 0.0159. The highest BCUT2D eigenvalue weighted by atomic mass is 79.9. The summed E-state index contributed by atoms with van der Waals surface area (Å²) in [6.07, 6.45) is -0.397. The van der Waals surface area contributed by atoms with Gasteiger partial charge in [0.15, 0.2) is 5.82 Å². The van der Waals surface area contributed by atoms with Gasteiger partial charge in [-0.2, -0.15) is 5.26 Å². The number of pyridine rings is 1. The van der Waals surface area contributed by atoms with Gasteiger partial charge in [-0.3, -0.25) is 0 Å². The largest absolute Gasteiger partial charge is 0.444 e. The zero-order valence-corrected chi connectivity index (χ0v) is 20.0. The van der Waals surface area contributed by atoms with Crippen molar-refractivity contribution in [3.8, 4) is 6.07 Å². The Bertz CT molecular complexity index is 1070. The number of hydrogen-bond acceptors (Lipinski definition) is 5. The van der Waals surface area contributed by atoms with Crippen molar-refractivity contribution < 1.29 is 13.9 Å². The number of aromatic nitrogens is 1. The summed E-state index contributed by atoms with van der Waals surface area (Å²) in [4.78, 5) is 20.1. The topological polar surface area (TPSA) is 69.5 Å². The van der Waals surface area contributed by atoms with E-state index in [1.54, 1.807) is 11.0 Å². The average Bonchev–Trinajstić information content (AvgIpc) is 2.64. The first-order valence-corrected chi connectivity index (χ1v) is 10.8. The molecule has 1 amide bonds. The Kier molecular flexibility index (Phi) is 6.38. The average molecular weight is 518 g/mol. The monoisotopic (exact) mass is 516 g/mol. The Hall–Kier alpha value is -1.82. The number of hydrogen-bond donors (Lipinski definition) is 0. The number of nitriles is 1. The minimum atomic E-state index is -0.648. The highest BCUT2D eigenvalue weighted by Gasteiger charge is 2.33. The molecule has 6 nitrogen and oxygen atoms in total. The molecule has 1 aromatic heterocycles. The molecule has 0 N–H and O–H groups in total. The fraction of sp³-hybridized carbons (Fsp3) is 0.450. The summed E-state index contributed by atoms with van der Waals surface area (Å²) in [7, 11) is 0. The molecule has 0 radical (unpaired) electrons. The van der Waals surface area contributed by atoms with E-state index >= 15 is 0 Å². The summed E-state index contributed by atoms with van der Waals surface area (Å²) >= 11 is 15.5. The molecule has 1 saturated heterocycles. The molecule has 30 heavy (non-hydrogen) atoms. The number of piperazine rings is 1. The predicted octanol–water partition coefficient (Wildman–Crippen LogP) is 5.76. The van der Waals surface area contributed by atoms with Crippen LogP contribution in [0, 0.1) is 17.1 Å². The smallest absolute Gasteiger partial charge is 0.410 e. The van der Waals surface area contributed by atoms with Crippen molar-refractivity contribution in [3.63, 3.8) is 0 Å². The van der Waals surface area contributed by atoms with Crippen LogP contribution in [-0.2, 0) is 4.74 Å². The summed E-state index contributed by atoms with van der Waals surface area (Å²) in [5.74, 6) is -0.648. The van der Waals surface area contributed by atoms with Crippen LogP contribution in [0.2, 0.25) is 10.2 Å². The number of halogens is 4. The Morgan fingerprint density at radius 1 is 1.40 bits per heavy atom. The molecular weight excluding hydrogens is 498 g/mol. The molecule has 2 aromatic rings. The van der Waals surface area contributed by atoms with Crippen LogP contribution in [0.4, 0.5) is 14.9 Å². The standard InChI is InChI=1S/C20H20BrCl2FN4O2/c1-10-9-27(5-6-28(10)19(29)30-20(2,3)4)17-11-7-13(22)14(21)15(24)16(11)26-18(23)12(17)8-25/h7,10H,5-6,9H2,1-4H3/t10-/m1/s1. The van der Waals surface area contributed by atoms with E-state index in [1.807, 2.05) is 32.6 Å². The second kappa shape index (κ2) is 8.37. The van der Waals surface area contributed by atoms with Crippen LogP contribution in [0.15, 0.2) is 10.5 Å². The number of rotatable bonds is 1. The third kappa shape index (κ3) is 4.29. The lowest BCUT2D eigenvalue weighted by Crippen LogP contribution is -2.55. The highest BCUT2D eigenvalue weighted by molar-refractivity contribution is 9.10. The lowest BCUT2D eigenvalue weighted by Gasteiger charge is -2.41. The van der Waals surface area contributed by atoms with Crippen molar-refractivity contribution in [2.45, 2.75) is 39.3 Å². The minimum Gasteiger partial charge on any atom is -0.444 e. The molecule has 0 aliphatic carbocycles. The predicted molar refractivity (Wildman–Crippen MR) is 119 cm³/mol. The second-order valence-corrected chi connectivity index (χ2v) is 9.65. The van der Waals surface area contributed by atoms with Gasteiger partial charge in [-0.25, -0.2) is 14.2 Å². The minimum absolute atomic E-state index is 0.0208. The summed E-state index contributed by atoms with van der Waals surface area (Å²) in [5, 5.41) is 10.2. The molecule has 1 aliphatic heterocycles. The van der Waals surface area contributed by atoms with Gasteiger partial charge in [0.05, 0.1) is 15.2 Å². The Balaban J connectivity index is 2.04. The van der Waals surface area contributed by atoms with Crippen LogP contribution >= 0.6 is 39.1 Å². The molecule has 1 aromatic carbocycles. The summed E-state index contributed by atoms with van der Waals surface area (Å²) < 4.78 is 20.4. The van der Waals surface area contributed by atoms with E-state index in [-0.39, 0.29) is 31.8 Å². The molecular formula is C20H20BrCl2FN4O2. The highest BCUT2D eigenvalue weighted by Crippen LogP contribution is 2.40. The number of fused-ring (bicyclic) bond motifs is 1. The molecule has 160 valence electrons. The van der Waals surface area contributed by atoms with Crippen LogP contribution in [0.25, 0.3) is 10.9 Å². The van der Waals surface area contributed by atoms with Crippen molar-refractivity contribution in [2.24, 2.45) is 0 Å². The molecule has 1 atom stereocenters. The molecule has 1 fully saturated rings. The molecule has 1 aliphatic rings. The van der Waals surface area contributed by atoms with Gasteiger partial charge >= 0.3 is 6.09 Å². The van der Waals surface area contributed by atoms with E-state index in [0.29, 0.717) is 30.7 Å².